The molecular formula is C10H21NO2. The van der Waals surface area contributed by atoms with E-state index >= 15 is 0 Å². The van der Waals surface area contributed by atoms with E-state index in [0.29, 0.717) is 5.92 Å². The predicted molar refractivity (Wildman–Crippen MR) is 52.7 cm³/mol. The van der Waals surface area contributed by atoms with E-state index in [-0.39, 0.29) is 6.10 Å². The van der Waals surface area contributed by atoms with Gasteiger partial charge in [-0.25, -0.2) is 0 Å². The summed E-state index contributed by atoms with van der Waals surface area (Å²) in [6.45, 7) is 2.62. The van der Waals surface area contributed by atoms with Gasteiger partial charge in [-0.3, -0.25) is 0 Å². The van der Waals surface area contributed by atoms with Crippen LogP contribution in [-0.2, 0) is 4.74 Å². The molecule has 0 aromatic rings. The molecular weight excluding hydrogens is 166 g/mol. The van der Waals surface area contributed by atoms with Crippen molar-refractivity contribution in [2.24, 2.45) is 5.92 Å². The average Bonchev–Trinajstić information content (AvgIpc) is 2.15. The number of nitrogens with zero attached hydrogens (tertiary/aromatic N) is 1. The third-order valence-electron chi connectivity index (χ3n) is 2.68. The molecule has 13 heavy (non-hydrogen) atoms. The molecule has 3 nitrogen and oxygen atoms in total. The Morgan fingerprint density at radius 2 is 2.00 bits per heavy atom. The first-order valence-corrected chi connectivity index (χ1v) is 5.10. The highest BCUT2D eigenvalue weighted by molar-refractivity contribution is 4.72. The van der Waals surface area contributed by atoms with Crippen molar-refractivity contribution in [2.45, 2.75) is 25.4 Å². The Bertz CT molecular complexity index is 133. The first kappa shape index (κ1) is 11.0. The van der Waals surface area contributed by atoms with Crippen LogP contribution in [0.2, 0.25) is 0 Å². The lowest BCUT2D eigenvalue weighted by Crippen LogP contribution is -2.30. The normalized spacial score (nSPS) is 22.2. The third kappa shape index (κ3) is 4.07. The Morgan fingerprint density at radius 3 is 2.54 bits per heavy atom. The van der Waals surface area contributed by atoms with Crippen molar-refractivity contribution in [1.82, 2.24) is 4.90 Å². The first-order valence-electron chi connectivity index (χ1n) is 5.10. The lowest BCUT2D eigenvalue weighted by atomic mass is 9.92. The molecule has 0 aromatic carbocycles. The van der Waals surface area contributed by atoms with Crippen LogP contribution in [0, 0.1) is 5.92 Å². The maximum absolute atomic E-state index is 9.84. The van der Waals surface area contributed by atoms with Gasteiger partial charge in [0, 0.05) is 13.2 Å². The summed E-state index contributed by atoms with van der Waals surface area (Å²) >= 11 is 0. The standard InChI is InChI=1S/C10H21NO2/c1-11(2)6-3-10(12)9-4-7-13-8-5-9/h9-10,12H,3-8H2,1-2H3. The van der Waals surface area contributed by atoms with E-state index in [9.17, 15) is 5.11 Å². The minimum Gasteiger partial charge on any atom is -0.393 e. The van der Waals surface area contributed by atoms with E-state index in [0.717, 1.165) is 39.0 Å². The molecule has 3 heteroatoms. The maximum Gasteiger partial charge on any atom is 0.0582 e. The van der Waals surface area contributed by atoms with Crippen LogP contribution < -0.4 is 0 Å². The minimum absolute atomic E-state index is 0.133. The Balaban J connectivity index is 2.17. The molecule has 1 N–H and O–H groups in total. The van der Waals surface area contributed by atoms with Crippen LogP contribution in [0.5, 0.6) is 0 Å². The zero-order chi connectivity index (χ0) is 9.68. The number of aliphatic hydroxyl groups is 1. The van der Waals surface area contributed by atoms with Crippen LogP contribution in [0.25, 0.3) is 0 Å². The first-order chi connectivity index (χ1) is 6.20. The molecule has 1 aliphatic heterocycles. The molecule has 1 fully saturated rings. The zero-order valence-electron chi connectivity index (χ0n) is 8.70. The highest BCUT2D eigenvalue weighted by Gasteiger charge is 2.21. The minimum atomic E-state index is -0.133. The largest absolute Gasteiger partial charge is 0.393 e. The molecule has 0 aliphatic carbocycles. The van der Waals surface area contributed by atoms with Gasteiger partial charge in [0.2, 0.25) is 0 Å². The molecule has 1 heterocycles. The van der Waals surface area contributed by atoms with Crippen molar-refractivity contribution in [3.8, 4) is 0 Å². The van der Waals surface area contributed by atoms with E-state index in [1.807, 2.05) is 14.1 Å². The summed E-state index contributed by atoms with van der Waals surface area (Å²) in [5.74, 6) is 0.466. The van der Waals surface area contributed by atoms with Crippen LogP contribution in [0.4, 0.5) is 0 Å². The number of rotatable bonds is 4. The second-order valence-corrected chi connectivity index (χ2v) is 4.11. The topological polar surface area (TPSA) is 32.7 Å². The molecule has 0 bridgehead atoms. The van der Waals surface area contributed by atoms with Crippen LogP contribution in [0.1, 0.15) is 19.3 Å². The van der Waals surface area contributed by atoms with Gasteiger partial charge < -0.3 is 14.7 Å². The fourth-order valence-electron chi connectivity index (χ4n) is 1.73. The lowest BCUT2D eigenvalue weighted by molar-refractivity contribution is 0.00284. The Labute approximate surface area is 80.7 Å². The fourth-order valence-corrected chi connectivity index (χ4v) is 1.73. The summed E-state index contributed by atoms with van der Waals surface area (Å²) < 4.78 is 5.25. The van der Waals surface area contributed by atoms with Crippen molar-refractivity contribution >= 4 is 0 Å². The van der Waals surface area contributed by atoms with Crippen LogP contribution in [-0.4, -0.2) is 50.0 Å². The van der Waals surface area contributed by atoms with Crippen molar-refractivity contribution in [2.75, 3.05) is 33.9 Å². The number of aliphatic hydroxyl groups excluding tert-OH is 1. The van der Waals surface area contributed by atoms with Crippen LogP contribution in [0.3, 0.4) is 0 Å². The highest BCUT2D eigenvalue weighted by atomic mass is 16.5. The average molecular weight is 187 g/mol. The zero-order valence-corrected chi connectivity index (χ0v) is 8.70. The molecule has 1 rings (SSSR count). The Hall–Kier alpha value is -0.120. The molecule has 1 saturated heterocycles. The van der Waals surface area contributed by atoms with Gasteiger partial charge in [0.1, 0.15) is 0 Å². The highest BCUT2D eigenvalue weighted by Crippen LogP contribution is 2.20. The van der Waals surface area contributed by atoms with E-state index in [1.165, 1.54) is 0 Å². The van der Waals surface area contributed by atoms with Gasteiger partial charge in [-0.1, -0.05) is 0 Å². The van der Waals surface area contributed by atoms with Crippen LogP contribution >= 0.6 is 0 Å². The summed E-state index contributed by atoms with van der Waals surface area (Å²) in [6.07, 6.45) is 2.80. The summed E-state index contributed by atoms with van der Waals surface area (Å²) in [6, 6.07) is 0. The van der Waals surface area contributed by atoms with Gasteiger partial charge in [-0.05, 0) is 45.8 Å². The molecule has 0 aromatic heterocycles. The molecule has 1 unspecified atom stereocenters. The monoisotopic (exact) mass is 187 g/mol. The molecule has 1 aliphatic rings. The summed E-state index contributed by atoms with van der Waals surface area (Å²) in [4.78, 5) is 2.11. The van der Waals surface area contributed by atoms with Gasteiger partial charge in [-0.2, -0.15) is 0 Å². The Morgan fingerprint density at radius 1 is 1.38 bits per heavy atom. The molecule has 0 radical (unpaired) electrons. The quantitative estimate of drug-likeness (QED) is 0.704. The maximum atomic E-state index is 9.84. The number of hydrogen-bond donors (Lipinski definition) is 1. The number of hydrogen-bond acceptors (Lipinski definition) is 3. The third-order valence-corrected chi connectivity index (χ3v) is 2.68. The second-order valence-electron chi connectivity index (χ2n) is 4.11. The molecule has 78 valence electrons. The smallest absolute Gasteiger partial charge is 0.0582 e. The summed E-state index contributed by atoms with van der Waals surface area (Å²) in [5, 5.41) is 9.84. The lowest BCUT2D eigenvalue weighted by Gasteiger charge is -2.27. The van der Waals surface area contributed by atoms with Crippen molar-refractivity contribution in [3.63, 3.8) is 0 Å². The van der Waals surface area contributed by atoms with Gasteiger partial charge in [0.05, 0.1) is 6.10 Å². The number of ether oxygens (including phenoxy) is 1. The van der Waals surface area contributed by atoms with Gasteiger partial charge in [0.15, 0.2) is 0 Å². The predicted octanol–water partition coefficient (Wildman–Crippen LogP) is 0.726. The van der Waals surface area contributed by atoms with Crippen LogP contribution in [0.15, 0.2) is 0 Å². The molecule has 1 atom stereocenters. The van der Waals surface area contributed by atoms with Gasteiger partial charge in [0.25, 0.3) is 0 Å². The second kappa shape index (κ2) is 5.58. The van der Waals surface area contributed by atoms with E-state index in [2.05, 4.69) is 4.90 Å². The van der Waals surface area contributed by atoms with E-state index < -0.39 is 0 Å². The van der Waals surface area contributed by atoms with Gasteiger partial charge >= 0.3 is 0 Å². The fraction of sp³-hybridized carbons (Fsp3) is 1.00. The molecule has 0 amide bonds. The summed E-state index contributed by atoms with van der Waals surface area (Å²) in [5.41, 5.74) is 0. The van der Waals surface area contributed by atoms with Crippen molar-refractivity contribution < 1.29 is 9.84 Å². The molecule has 0 spiro atoms. The SMILES string of the molecule is CN(C)CCC(O)C1CCOCC1. The van der Waals surface area contributed by atoms with Crippen molar-refractivity contribution in [1.29, 1.82) is 0 Å². The van der Waals surface area contributed by atoms with Crippen molar-refractivity contribution in [3.05, 3.63) is 0 Å². The summed E-state index contributed by atoms with van der Waals surface area (Å²) in [7, 11) is 4.08. The van der Waals surface area contributed by atoms with Gasteiger partial charge in [-0.15, -0.1) is 0 Å². The Kier molecular flexibility index (Phi) is 4.70. The van der Waals surface area contributed by atoms with E-state index in [4.69, 9.17) is 4.74 Å². The van der Waals surface area contributed by atoms with E-state index in [1.54, 1.807) is 0 Å². The molecule has 0 saturated carbocycles.